The van der Waals surface area contributed by atoms with Crippen LogP contribution in [-0.2, 0) is 6.54 Å². The fourth-order valence-corrected chi connectivity index (χ4v) is 2.87. The second-order valence-corrected chi connectivity index (χ2v) is 5.22. The first-order chi connectivity index (χ1) is 6.85. The first kappa shape index (κ1) is 10.2. The SMILES string of the molecule is CCC1(CNCc2ccsc2)CCC1. The molecule has 1 saturated carbocycles. The molecule has 1 aliphatic rings. The smallest absolute Gasteiger partial charge is 0.0213 e. The lowest BCUT2D eigenvalue weighted by atomic mass is 9.67. The van der Waals surface area contributed by atoms with Crippen LogP contribution in [0.15, 0.2) is 16.8 Å². The second-order valence-electron chi connectivity index (χ2n) is 4.44. The third kappa shape index (κ3) is 2.18. The number of rotatable bonds is 5. The summed E-state index contributed by atoms with van der Waals surface area (Å²) in [6, 6.07) is 2.21. The van der Waals surface area contributed by atoms with Crippen LogP contribution in [0.1, 0.15) is 38.2 Å². The van der Waals surface area contributed by atoms with Crippen LogP contribution in [0.5, 0.6) is 0 Å². The average Bonchev–Trinajstić information content (AvgIpc) is 2.62. The zero-order valence-electron chi connectivity index (χ0n) is 8.88. The molecular weight excluding hydrogens is 190 g/mol. The molecule has 78 valence electrons. The van der Waals surface area contributed by atoms with Crippen LogP contribution in [0, 0.1) is 5.41 Å². The highest BCUT2D eigenvalue weighted by atomic mass is 32.1. The summed E-state index contributed by atoms with van der Waals surface area (Å²) < 4.78 is 0. The van der Waals surface area contributed by atoms with Gasteiger partial charge in [-0.25, -0.2) is 0 Å². The summed E-state index contributed by atoms with van der Waals surface area (Å²) in [5.41, 5.74) is 2.08. The molecule has 1 aromatic heterocycles. The van der Waals surface area contributed by atoms with Crippen molar-refractivity contribution in [2.75, 3.05) is 6.54 Å². The molecule has 14 heavy (non-hydrogen) atoms. The van der Waals surface area contributed by atoms with Gasteiger partial charge >= 0.3 is 0 Å². The van der Waals surface area contributed by atoms with Crippen molar-refractivity contribution in [3.63, 3.8) is 0 Å². The highest BCUT2D eigenvalue weighted by Gasteiger charge is 2.34. The van der Waals surface area contributed by atoms with E-state index in [4.69, 9.17) is 0 Å². The van der Waals surface area contributed by atoms with Crippen molar-refractivity contribution in [1.82, 2.24) is 5.32 Å². The molecule has 1 heterocycles. The van der Waals surface area contributed by atoms with E-state index in [1.54, 1.807) is 11.3 Å². The molecule has 0 aromatic carbocycles. The van der Waals surface area contributed by atoms with Crippen LogP contribution >= 0.6 is 11.3 Å². The Morgan fingerprint density at radius 3 is 2.86 bits per heavy atom. The minimum atomic E-state index is 0.649. The van der Waals surface area contributed by atoms with Crippen molar-refractivity contribution in [1.29, 1.82) is 0 Å². The Labute approximate surface area is 90.5 Å². The summed E-state index contributed by atoms with van der Waals surface area (Å²) in [7, 11) is 0. The van der Waals surface area contributed by atoms with E-state index in [2.05, 4.69) is 29.1 Å². The zero-order valence-corrected chi connectivity index (χ0v) is 9.70. The van der Waals surface area contributed by atoms with Crippen molar-refractivity contribution < 1.29 is 0 Å². The Hall–Kier alpha value is -0.340. The van der Waals surface area contributed by atoms with Crippen molar-refractivity contribution in [2.24, 2.45) is 5.41 Å². The van der Waals surface area contributed by atoms with Gasteiger partial charge in [-0.05, 0) is 47.1 Å². The van der Waals surface area contributed by atoms with Gasteiger partial charge in [-0.15, -0.1) is 0 Å². The topological polar surface area (TPSA) is 12.0 Å². The Bertz CT molecular complexity index is 256. The van der Waals surface area contributed by atoms with E-state index in [1.807, 2.05) is 0 Å². The van der Waals surface area contributed by atoms with E-state index >= 15 is 0 Å². The number of hydrogen-bond donors (Lipinski definition) is 1. The van der Waals surface area contributed by atoms with Gasteiger partial charge in [0.2, 0.25) is 0 Å². The maximum atomic E-state index is 3.59. The lowest BCUT2D eigenvalue weighted by Crippen LogP contribution is -2.39. The van der Waals surface area contributed by atoms with Gasteiger partial charge in [-0.1, -0.05) is 13.3 Å². The van der Waals surface area contributed by atoms with Crippen molar-refractivity contribution >= 4 is 11.3 Å². The van der Waals surface area contributed by atoms with Gasteiger partial charge in [0.25, 0.3) is 0 Å². The molecule has 0 spiro atoms. The zero-order chi connectivity index (χ0) is 9.86. The molecule has 0 aliphatic heterocycles. The summed E-state index contributed by atoms with van der Waals surface area (Å²) in [6.45, 7) is 4.58. The van der Waals surface area contributed by atoms with E-state index in [-0.39, 0.29) is 0 Å². The molecule has 2 heteroatoms. The van der Waals surface area contributed by atoms with Crippen molar-refractivity contribution in [2.45, 2.75) is 39.2 Å². The van der Waals surface area contributed by atoms with Gasteiger partial charge < -0.3 is 5.32 Å². The highest BCUT2D eigenvalue weighted by Crippen LogP contribution is 2.43. The fourth-order valence-electron chi connectivity index (χ4n) is 2.20. The van der Waals surface area contributed by atoms with E-state index < -0.39 is 0 Å². The third-order valence-corrected chi connectivity index (χ3v) is 4.31. The second kappa shape index (κ2) is 4.45. The normalized spacial score (nSPS) is 19.2. The summed E-state index contributed by atoms with van der Waals surface area (Å²) in [4.78, 5) is 0. The first-order valence-corrected chi connectivity index (χ1v) is 6.51. The molecule has 0 saturated heterocycles. The third-order valence-electron chi connectivity index (χ3n) is 3.57. The summed E-state index contributed by atoms with van der Waals surface area (Å²) in [5.74, 6) is 0. The molecule has 0 unspecified atom stereocenters. The Balaban J connectivity index is 1.72. The molecular formula is C12H19NS. The molecule has 2 rings (SSSR count). The maximum absolute atomic E-state index is 3.59. The van der Waals surface area contributed by atoms with Crippen LogP contribution in [-0.4, -0.2) is 6.54 Å². The van der Waals surface area contributed by atoms with E-state index in [1.165, 1.54) is 37.8 Å². The van der Waals surface area contributed by atoms with E-state index in [9.17, 15) is 0 Å². The maximum Gasteiger partial charge on any atom is 0.0213 e. The molecule has 1 N–H and O–H groups in total. The Kier molecular flexibility index (Phi) is 3.24. The minimum Gasteiger partial charge on any atom is -0.312 e. The summed E-state index contributed by atoms with van der Waals surface area (Å²) in [5, 5.41) is 7.97. The van der Waals surface area contributed by atoms with E-state index in [0.717, 1.165) is 6.54 Å². The highest BCUT2D eigenvalue weighted by molar-refractivity contribution is 7.07. The van der Waals surface area contributed by atoms with Gasteiger partial charge in [0.15, 0.2) is 0 Å². The summed E-state index contributed by atoms with van der Waals surface area (Å²) in [6.07, 6.45) is 5.64. The molecule has 0 radical (unpaired) electrons. The average molecular weight is 209 g/mol. The molecule has 1 nitrogen and oxygen atoms in total. The Morgan fingerprint density at radius 1 is 1.50 bits per heavy atom. The van der Waals surface area contributed by atoms with E-state index in [0.29, 0.717) is 5.41 Å². The standard InChI is InChI=1S/C12H19NS/c1-2-12(5-3-6-12)10-13-8-11-4-7-14-9-11/h4,7,9,13H,2-3,5-6,8,10H2,1H3. The summed E-state index contributed by atoms with van der Waals surface area (Å²) >= 11 is 1.78. The van der Waals surface area contributed by atoms with Crippen LogP contribution in [0.25, 0.3) is 0 Å². The number of hydrogen-bond acceptors (Lipinski definition) is 2. The van der Waals surface area contributed by atoms with Crippen molar-refractivity contribution in [3.8, 4) is 0 Å². The minimum absolute atomic E-state index is 0.649. The molecule has 0 amide bonds. The number of thiophene rings is 1. The van der Waals surface area contributed by atoms with Crippen molar-refractivity contribution in [3.05, 3.63) is 22.4 Å². The van der Waals surface area contributed by atoms with Gasteiger partial charge in [-0.3, -0.25) is 0 Å². The van der Waals surface area contributed by atoms with Crippen LogP contribution < -0.4 is 5.32 Å². The molecule has 1 aromatic rings. The molecule has 1 aliphatic carbocycles. The largest absolute Gasteiger partial charge is 0.312 e. The van der Waals surface area contributed by atoms with Crippen LogP contribution in [0.3, 0.4) is 0 Å². The van der Waals surface area contributed by atoms with Gasteiger partial charge in [-0.2, -0.15) is 11.3 Å². The molecule has 0 bridgehead atoms. The Morgan fingerprint density at radius 2 is 2.36 bits per heavy atom. The van der Waals surface area contributed by atoms with Gasteiger partial charge in [0.05, 0.1) is 0 Å². The van der Waals surface area contributed by atoms with Crippen LogP contribution in [0.4, 0.5) is 0 Å². The lowest BCUT2D eigenvalue weighted by Gasteiger charge is -2.41. The first-order valence-electron chi connectivity index (χ1n) is 5.56. The molecule has 0 atom stereocenters. The number of nitrogens with one attached hydrogen (secondary N) is 1. The predicted octanol–water partition coefficient (Wildman–Crippen LogP) is 3.42. The fraction of sp³-hybridized carbons (Fsp3) is 0.667. The molecule has 1 fully saturated rings. The quantitative estimate of drug-likeness (QED) is 0.783. The predicted molar refractivity (Wildman–Crippen MR) is 62.6 cm³/mol. The monoisotopic (exact) mass is 209 g/mol. The van der Waals surface area contributed by atoms with Gasteiger partial charge in [0, 0.05) is 13.1 Å². The van der Waals surface area contributed by atoms with Gasteiger partial charge in [0.1, 0.15) is 0 Å². The van der Waals surface area contributed by atoms with Crippen LogP contribution in [0.2, 0.25) is 0 Å². The lowest BCUT2D eigenvalue weighted by molar-refractivity contribution is 0.124.